The highest BCUT2D eigenvalue weighted by Gasteiger charge is 1.92. The molecule has 2 N–H and O–H groups in total. The summed E-state index contributed by atoms with van der Waals surface area (Å²) in [5.74, 6) is 0.684. The predicted molar refractivity (Wildman–Crippen MR) is 48.9 cm³/mol. The number of halogens is 1. The average Bonchev–Trinajstić information content (AvgIpc) is 2.05. The van der Waals surface area contributed by atoms with Crippen LogP contribution in [0.5, 0.6) is 5.75 Å². The van der Waals surface area contributed by atoms with Crippen LogP contribution in [0.3, 0.4) is 0 Å². The summed E-state index contributed by atoms with van der Waals surface area (Å²) < 4.78 is 0. The lowest BCUT2D eigenvalue weighted by Gasteiger charge is -2.06. The third kappa shape index (κ3) is 3.09. The van der Waals surface area contributed by atoms with Gasteiger partial charge in [-0.2, -0.15) is 0 Å². The number of hydrazine groups is 1. The lowest BCUT2D eigenvalue weighted by Crippen LogP contribution is -2.34. The third-order valence-electron chi connectivity index (χ3n) is 1.21. The Balaban J connectivity index is 2.41. The minimum atomic E-state index is 0.658. The molecule has 12 heavy (non-hydrogen) atoms. The zero-order chi connectivity index (χ0) is 8.81. The Morgan fingerprint density at radius 1 is 1.50 bits per heavy atom. The smallest absolute Gasteiger partial charge is 0.150 e. The van der Waals surface area contributed by atoms with Gasteiger partial charge in [0.25, 0.3) is 0 Å². The van der Waals surface area contributed by atoms with E-state index in [1.807, 2.05) is 19.1 Å². The molecule has 1 aromatic carbocycles. The molecule has 0 atom stereocenters. The third-order valence-corrected chi connectivity index (χ3v) is 1.45. The van der Waals surface area contributed by atoms with Gasteiger partial charge in [0, 0.05) is 17.6 Å². The summed E-state index contributed by atoms with van der Waals surface area (Å²) in [5.41, 5.74) is 5.37. The van der Waals surface area contributed by atoms with Gasteiger partial charge in [0.05, 0.1) is 0 Å². The van der Waals surface area contributed by atoms with E-state index in [-0.39, 0.29) is 0 Å². The maximum atomic E-state index is 5.73. The molecule has 0 aliphatic carbocycles. The molecule has 0 bridgehead atoms. The van der Waals surface area contributed by atoms with E-state index < -0.39 is 0 Å². The van der Waals surface area contributed by atoms with Crippen molar-refractivity contribution in [2.45, 2.75) is 6.92 Å². The predicted octanol–water partition coefficient (Wildman–Crippen LogP) is 1.75. The largest absolute Gasteiger partial charge is 0.394 e. The van der Waals surface area contributed by atoms with Crippen LogP contribution in [-0.2, 0) is 0 Å². The second kappa shape index (κ2) is 4.98. The Morgan fingerprint density at radius 3 is 3.00 bits per heavy atom. The van der Waals surface area contributed by atoms with Crippen molar-refractivity contribution in [1.29, 1.82) is 0 Å². The zero-order valence-corrected chi connectivity index (χ0v) is 7.56. The van der Waals surface area contributed by atoms with E-state index in [9.17, 15) is 0 Å². The fraction of sp³-hybridized carbons (Fsp3) is 0.250. The van der Waals surface area contributed by atoms with Crippen LogP contribution >= 0.6 is 11.6 Å². The van der Waals surface area contributed by atoms with Crippen molar-refractivity contribution in [2.24, 2.45) is 0 Å². The summed E-state index contributed by atoms with van der Waals surface area (Å²) in [5, 5.41) is 0.658. The lowest BCUT2D eigenvalue weighted by atomic mass is 10.3. The molecular formula is C8H11ClN2O. The van der Waals surface area contributed by atoms with Crippen molar-refractivity contribution in [3.63, 3.8) is 0 Å². The number of hydrogen-bond acceptors (Lipinski definition) is 3. The SMILES string of the molecule is CCNNOc1cccc(Cl)c1. The molecule has 4 heteroatoms. The van der Waals surface area contributed by atoms with Crippen molar-refractivity contribution in [3.8, 4) is 5.75 Å². The second-order valence-electron chi connectivity index (χ2n) is 2.19. The van der Waals surface area contributed by atoms with Crippen LogP contribution in [0.25, 0.3) is 0 Å². The zero-order valence-electron chi connectivity index (χ0n) is 6.80. The van der Waals surface area contributed by atoms with E-state index in [1.165, 1.54) is 0 Å². The molecule has 0 saturated carbocycles. The van der Waals surface area contributed by atoms with E-state index in [2.05, 4.69) is 11.0 Å². The fourth-order valence-corrected chi connectivity index (χ4v) is 0.878. The highest BCUT2D eigenvalue weighted by Crippen LogP contribution is 2.15. The van der Waals surface area contributed by atoms with Gasteiger partial charge in [-0.15, -0.1) is 0 Å². The van der Waals surface area contributed by atoms with Gasteiger partial charge in [-0.3, -0.25) is 0 Å². The monoisotopic (exact) mass is 186 g/mol. The molecule has 1 rings (SSSR count). The number of hydrogen-bond donors (Lipinski definition) is 2. The summed E-state index contributed by atoms with van der Waals surface area (Å²) in [4.78, 5) is 5.08. The van der Waals surface area contributed by atoms with Gasteiger partial charge >= 0.3 is 0 Å². The summed E-state index contributed by atoms with van der Waals surface area (Å²) in [6.45, 7) is 2.76. The normalized spacial score (nSPS) is 9.83. The van der Waals surface area contributed by atoms with E-state index in [1.54, 1.807) is 12.1 Å². The molecule has 0 radical (unpaired) electrons. The van der Waals surface area contributed by atoms with Crippen molar-refractivity contribution < 1.29 is 4.84 Å². The topological polar surface area (TPSA) is 33.3 Å². The van der Waals surface area contributed by atoms with Gasteiger partial charge in [0.2, 0.25) is 0 Å². The Bertz CT molecular complexity index is 242. The summed E-state index contributed by atoms with van der Waals surface area (Å²) >= 11 is 5.73. The highest BCUT2D eigenvalue weighted by atomic mass is 35.5. The minimum Gasteiger partial charge on any atom is -0.394 e. The molecule has 0 saturated heterocycles. The van der Waals surface area contributed by atoms with Crippen LogP contribution in [0.4, 0.5) is 0 Å². The molecule has 0 aliphatic rings. The molecule has 0 spiro atoms. The van der Waals surface area contributed by atoms with Gasteiger partial charge in [-0.05, 0) is 12.1 Å². The van der Waals surface area contributed by atoms with Crippen LogP contribution < -0.4 is 15.9 Å². The number of benzene rings is 1. The molecule has 66 valence electrons. The highest BCUT2D eigenvalue weighted by molar-refractivity contribution is 6.30. The molecule has 0 aromatic heterocycles. The van der Waals surface area contributed by atoms with Gasteiger partial charge in [-0.25, -0.2) is 5.43 Å². The van der Waals surface area contributed by atoms with Crippen LogP contribution in [0.15, 0.2) is 24.3 Å². The van der Waals surface area contributed by atoms with E-state index in [0.29, 0.717) is 10.8 Å². The first-order chi connectivity index (χ1) is 5.83. The number of rotatable bonds is 4. The summed E-state index contributed by atoms with van der Waals surface area (Å²) in [6.07, 6.45) is 0. The Morgan fingerprint density at radius 2 is 2.33 bits per heavy atom. The summed E-state index contributed by atoms with van der Waals surface area (Å²) in [7, 11) is 0. The summed E-state index contributed by atoms with van der Waals surface area (Å²) in [6, 6.07) is 7.16. The number of nitrogens with one attached hydrogen (secondary N) is 2. The maximum Gasteiger partial charge on any atom is 0.150 e. The molecule has 3 nitrogen and oxygen atoms in total. The first-order valence-corrected chi connectivity index (χ1v) is 4.11. The lowest BCUT2D eigenvalue weighted by molar-refractivity contribution is 0.152. The van der Waals surface area contributed by atoms with Crippen molar-refractivity contribution >= 4 is 11.6 Å². The molecule has 0 unspecified atom stereocenters. The molecule has 0 heterocycles. The Kier molecular flexibility index (Phi) is 3.87. The second-order valence-corrected chi connectivity index (χ2v) is 2.63. The van der Waals surface area contributed by atoms with Crippen LogP contribution in [0.1, 0.15) is 6.92 Å². The van der Waals surface area contributed by atoms with Gasteiger partial charge in [-0.1, -0.05) is 30.2 Å². The van der Waals surface area contributed by atoms with Gasteiger partial charge in [0.1, 0.15) is 5.75 Å². The standard InChI is InChI=1S/C8H11ClN2O/c1-2-10-11-12-8-5-3-4-7(9)6-8/h3-6,10-11H,2H2,1H3. The van der Waals surface area contributed by atoms with Crippen molar-refractivity contribution in [3.05, 3.63) is 29.3 Å². The van der Waals surface area contributed by atoms with Crippen LogP contribution in [0, 0.1) is 0 Å². The minimum absolute atomic E-state index is 0.658. The average molecular weight is 187 g/mol. The Hall–Kier alpha value is -0.770. The molecule has 0 aliphatic heterocycles. The molecular weight excluding hydrogens is 176 g/mol. The maximum absolute atomic E-state index is 5.73. The van der Waals surface area contributed by atoms with E-state index in [4.69, 9.17) is 16.4 Å². The quantitative estimate of drug-likeness (QED) is 0.555. The van der Waals surface area contributed by atoms with E-state index in [0.717, 1.165) is 6.54 Å². The van der Waals surface area contributed by atoms with Crippen LogP contribution in [0.2, 0.25) is 5.02 Å². The molecule has 1 aromatic rings. The molecule has 0 fully saturated rings. The van der Waals surface area contributed by atoms with Crippen molar-refractivity contribution in [1.82, 2.24) is 11.0 Å². The van der Waals surface area contributed by atoms with E-state index >= 15 is 0 Å². The fourth-order valence-electron chi connectivity index (χ4n) is 0.698. The Labute approximate surface area is 76.6 Å². The van der Waals surface area contributed by atoms with Gasteiger partial charge in [0.15, 0.2) is 0 Å². The van der Waals surface area contributed by atoms with Gasteiger partial charge < -0.3 is 4.84 Å². The first-order valence-electron chi connectivity index (χ1n) is 3.73. The van der Waals surface area contributed by atoms with Crippen LogP contribution in [-0.4, -0.2) is 6.54 Å². The molecule has 0 amide bonds. The van der Waals surface area contributed by atoms with Crippen molar-refractivity contribution in [2.75, 3.05) is 6.54 Å². The first kappa shape index (κ1) is 9.32.